The Hall–Kier alpha value is -3.12. The summed E-state index contributed by atoms with van der Waals surface area (Å²) in [7, 11) is -8.06. The van der Waals surface area contributed by atoms with E-state index in [1.54, 1.807) is 6.92 Å². The van der Waals surface area contributed by atoms with Gasteiger partial charge in [0.15, 0.2) is 11.6 Å². The third kappa shape index (κ3) is 4.66. The molecular weight excluding hydrogens is 509 g/mol. The molecule has 0 fully saturated rings. The van der Waals surface area contributed by atoms with Crippen LogP contribution < -0.4 is 10.0 Å². The summed E-state index contributed by atoms with van der Waals surface area (Å²) in [5.74, 6) is -3.60. The molecule has 0 amide bonds. The van der Waals surface area contributed by atoms with Crippen molar-refractivity contribution in [2.75, 3.05) is 16.3 Å². The number of hydrogen-bond acceptors (Lipinski definition) is 7. The summed E-state index contributed by atoms with van der Waals surface area (Å²) in [5.41, 5.74) is -0.689. The highest BCUT2D eigenvalue weighted by Gasteiger charge is 2.51. The van der Waals surface area contributed by atoms with Gasteiger partial charge in [0.1, 0.15) is 22.5 Å². The van der Waals surface area contributed by atoms with E-state index in [-0.39, 0.29) is 33.6 Å². The topological polar surface area (TPSA) is 139 Å². The SMILES string of the molecule is CC(C)CCC1(C)C(=O)[C@H](C2=NS(=O)(=O)c3cc(NS(C)(=O)=O)ccc3N2)C(=O)c2cc(F)ccc21. The maximum absolute atomic E-state index is 14.1. The number of Topliss-reactive ketones (excluding diaryl/α,β-unsaturated/α-hetero) is 2. The summed E-state index contributed by atoms with van der Waals surface area (Å²) in [5, 5.41) is 2.78. The van der Waals surface area contributed by atoms with Crippen molar-refractivity contribution in [3.8, 4) is 0 Å². The van der Waals surface area contributed by atoms with Crippen molar-refractivity contribution < 1.29 is 30.8 Å². The third-order valence-electron chi connectivity index (χ3n) is 6.45. The fourth-order valence-electron chi connectivity index (χ4n) is 4.59. The number of carbonyl (C=O) groups excluding carboxylic acids is 2. The van der Waals surface area contributed by atoms with Crippen LogP contribution in [0.3, 0.4) is 0 Å². The lowest BCUT2D eigenvalue weighted by Crippen LogP contribution is -2.51. The molecule has 2 aromatic rings. The van der Waals surface area contributed by atoms with Crippen molar-refractivity contribution in [3.05, 3.63) is 53.3 Å². The van der Waals surface area contributed by atoms with Crippen molar-refractivity contribution in [1.82, 2.24) is 0 Å². The van der Waals surface area contributed by atoms with Crippen LogP contribution in [0.1, 0.15) is 49.5 Å². The van der Waals surface area contributed by atoms with Crippen LogP contribution in [0.5, 0.6) is 0 Å². The van der Waals surface area contributed by atoms with Crippen LogP contribution in [-0.4, -0.2) is 40.5 Å². The summed E-state index contributed by atoms with van der Waals surface area (Å²) >= 11 is 0. The van der Waals surface area contributed by atoms with Crippen LogP contribution in [0.4, 0.5) is 15.8 Å². The van der Waals surface area contributed by atoms with Gasteiger partial charge in [0, 0.05) is 11.3 Å². The molecular formula is C24H26FN3O6S2. The number of anilines is 2. The van der Waals surface area contributed by atoms with Crippen LogP contribution in [0.2, 0.25) is 0 Å². The Kier molecular flexibility index (Phi) is 6.32. The van der Waals surface area contributed by atoms with Crippen LogP contribution in [0.15, 0.2) is 45.7 Å². The van der Waals surface area contributed by atoms with Gasteiger partial charge >= 0.3 is 0 Å². The summed E-state index contributed by atoms with van der Waals surface area (Å²) in [4.78, 5) is 27.0. The number of benzene rings is 2. The van der Waals surface area contributed by atoms with Crippen molar-refractivity contribution in [2.45, 2.75) is 43.9 Å². The minimum absolute atomic E-state index is 0.00996. The third-order valence-corrected chi connectivity index (χ3v) is 8.39. The fraction of sp³-hybridized carbons (Fsp3) is 0.375. The summed E-state index contributed by atoms with van der Waals surface area (Å²) in [6.45, 7) is 5.67. The maximum atomic E-state index is 14.1. The number of hydrogen-bond donors (Lipinski definition) is 2. The van der Waals surface area contributed by atoms with Gasteiger partial charge in [-0.2, -0.15) is 8.42 Å². The lowest BCUT2D eigenvalue weighted by Gasteiger charge is -2.39. The second-order valence-electron chi connectivity index (χ2n) is 9.78. The summed E-state index contributed by atoms with van der Waals surface area (Å²) in [6.07, 6.45) is 1.95. The highest BCUT2D eigenvalue weighted by atomic mass is 32.2. The average molecular weight is 536 g/mol. The Morgan fingerprint density at radius 1 is 1.17 bits per heavy atom. The van der Waals surface area contributed by atoms with Gasteiger partial charge in [-0.05, 0) is 61.6 Å². The summed E-state index contributed by atoms with van der Waals surface area (Å²) < 4.78 is 69.2. The molecule has 1 aliphatic heterocycles. The number of fused-ring (bicyclic) bond motifs is 2. The van der Waals surface area contributed by atoms with Crippen LogP contribution in [0.25, 0.3) is 0 Å². The Bertz CT molecular complexity index is 1530. The summed E-state index contributed by atoms with van der Waals surface area (Å²) in [6, 6.07) is 7.47. The number of rotatable bonds is 6. The Labute approximate surface area is 209 Å². The zero-order chi connectivity index (χ0) is 26.6. The number of ketones is 2. The first-order valence-corrected chi connectivity index (χ1v) is 14.6. The molecule has 2 atom stereocenters. The molecule has 2 N–H and O–H groups in total. The van der Waals surface area contributed by atoms with Gasteiger partial charge in [-0.3, -0.25) is 14.3 Å². The normalized spacial score (nSPS) is 22.9. The zero-order valence-corrected chi connectivity index (χ0v) is 21.8. The molecule has 0 spiro atoms. The van der Waals surface area contributed by atoms with E-state index in [9.17, 15) is 30.8 Å². The van der Waals surface area contributed by atoms with Crippen molar-refractivity contribution in [1.29, 1.82) is 0 Å². The highest BCUT2D eigenvalue weighted by molar-refractivity contribution is 7.92. The van der Waals surface area contributed by atoms with Gasteiger partial charge in [-0.1, -0.05) is 19.9 Å². The lowest BCUT2D eigenvalue weighted by molar-refractivity contribution is -0.125. The molecule has 0 saturated heterocycles. The van der Waals surface area contributed by atoms with Gasteiger partial charge in [-0.15, -0.1) is 4.40 Å². The Balaban J connectivity index is 1.81. The van der Waals surface area contributed by atoms with Crippen LogP contribution in [-0.2, 0) is 30.3 Å². The Morgan fingerprint density at radius 2 is 1.86 bits per heavy atom. The highest BCUT2D eigenvalue weighted by Crippen LogP contribution is 2.43. The molecule has 0 radical (unpaired) electrons. The van der Waals surface area contributed by atoms with E-state index < -0.39 is 48.8 Å². The first-order chi connectivity index (χ1) is 16.6. The van der Waals surface area contributed by atoms with Crippen molar-refractivity contribution in [3.63, 3.8) is 0 Å². The van der Waals surface area contributed by atoms with E-state index in [4.69, 9.17) is 0 Å². The quantitative estimate of drug-likeness (QED) is 0.540. The second-order valence-corrected chi connectivity index (χ2v) is 13.1. The van der Waals surface area contributed by atoms with Gasteiger partial charge in [-0.25, -0.2) is 12.8 Å². The predicted octanol–water partition coefficient (Wildman–Crippen LogP) is 3.49. The molecule has 1 aliphatic carbocycles. The molecule has 0 aromatic heterocycles. The average Bonchev–Trinajstić information content (AvgIpc) is 2.75. The molecule has 12 heteroatoms. The van der Waals surface area contributed by atoms with E-state index >= 15 is 0 Å². The van der Waals surface area contributed by atoms with Crippen LogP contribution >= 0.6 is 0 Å². The smallest absolute Gasteiger partial charge is 0.286 e. The van der Waals surface area contributed by atoms with E-state index in [0.717, 1.165) is 18.4 Å². The van der Waals surface area contributed by atoms with E-state index in [2.05, 4.69) is 14.4 Å². The van der Waals surface area contributed by atoms with Crippen molar-refractivity contribution in [2.24, 2.45) is 16.2 Å². The molecule has 0 bridgehead atoms. The monoisotopic (exact) mass is 535 g/mol. The molecule has 36 heavy (non-hydrogen) atoms. The number of carbonyl (C=O) groups is 2. The second kappa shape index (κ2) is 8.77. The Morgan fingerprint density at radius 3 is 2.50 bits per heavy atom. The van der Waals surface area contributed by atoms with Gasteiger partial charge in [0.05, 0.1) is 17.4 Å². The fourth-order valence-corrected chi connectivity index (χ4v) is 6.33. The number of halogens is 1. The van der Waals surface area contributed by atoms with E-state index in [1.165, 1.54) is 24.3 Å². The number of amidine groups is 1. The predicted molar refractivity (Wildman–Crippen MR) is 134 cm³/mol. The maximum Gasteiger partial charge on any atom is 0.286 e. The minimum Gasteiger partial charge on any atom is -0.341 e. The molecule has 0 saturated carbocycles. The molecule has 2 aromatic carbocycles. The standard InChI is InChI=1S/C24H26FN3O6S2/c1-13(2)9-10-24(3)17-7-5-14(25)11-16(17)21(29)20(22(24)30)23-26-18-8-6-15(27-35(4,31)32)12-19(18)36(33,34)28-23/h5-8,11-13,20,27H,9-10H2,1-4H3,(H,26,28)/t20-,24?/m1/s1. The number of sulfonamides is 2. The zero-order valence-electron chi connectivity index (χ0n) is 20.1. The number of nitrogens with one attached hydrogen (secondary N) is 2. The molecule has 1 unspecified atom stereocenters. The molecule has 2 aliphatic rings. The minimum atomic E-state index is -4.40. The first kappa shape index (κ1) is 26.0. The van der Waals surface area contributed by atoms with E-state index in [1.807, 2.05) is 13.8 Å². The molecule has 192 valence electrons. The van der Waals surface area contributed by atoms with Crippen molar-refractivity contribution >= 4 is 48.8 Å². The largest absolute Gasteiger partial charge is 0.341 e. The molecule has 9 nitrogen and oxygen atoms in total. The van der Waals surface area contributed by atoms with Crippen LogP contribution in [0, 0.1) is 17.7 Å². The van der Waals surface area contributed by atoms with E-state index in [0.29, 0.717) is 18.4 Å². The molecule has 1 heterocycles. The molecule has 4 rings (SSSR count). The van der Waals surface area contributed by atoms with Gasteiger partial charge < -0.3 is 5.32 Å². The first-order valence-electron chi connectivity index (χ1n) is 11.2. The lowest BCUT2D eigenvalue weighted by atomic mass is 9.63. The number of nitrogens with zero attached hydrogens (tertiary/aromatic N) is 1. The van der Waals surface area contributed by atoms with Gasteiger partial charge in [0.25, 0.3) is 10.0 Å². The van der Waals surface area contributed by atoms with Gasteiger partial charge in [0.2, 0.25) is 10.0 Å².